The van der Waals surface area contributed by atoms with Gasteiger partial charge in [0.15, 0.2) is 0 Å². The maximum Gasteiger partial charge on any atom is 0.106 e. The second kappa shape index (κ2) is 6.84. The zero-order valence-electron chi connectivity index (χ0n) is 9.79. The van der Waals surface area contributed by atoms with Crippen LogP contribution >= 0.6 is 0 Å². The Bertz CT molecular complexity index is 236. The van der Waals surface area contributed by atoms with Gasteiger partial charge in [0.05, 0.1) is 12.2 Å². The van der Waals surface area contributed by atoms with Crippen molar-refractivity contribution in [2.75, 3.05) is 0 Å². The highest BCUT2D eigenvalue weighted by Crippen LogP contribution is 2.26. The molecule has 1 aliphatic carbocycles. The van der Waals surface area contributed by atoms with Crippen LogP contribution in [0.3, 0.4) is 0 Å². The molecule has 0 radical (unpaired) electrons. The molecule has 2 unspecified atom stereocenters. The number of unbranched alkanes of at least 4 members (excludes halogenated alkanes) is 1. The lowest BCUT2D eigenvalue weighted by molar-refractivity contribution is -0.0940. The number of aliphatic hydroxyl groups excluding tert-OH is 3. The standard InChI is InChI=1S/C13H22O3/c1-2-3-4-5-6-7-10-8-11(14)13(16)12(15)9-10/h4-7,10-16H,2-3,8-9H2,1H3. The van der Waals surface area contributed by atoms with E-state index < -0.39 is 18.3 Å². The van der Waals surface area contributed by atoms with Crippen LogP contribution in [0.1, 0.15) is 32.6 Å². The molecule has 0 amide bonds. The first kappa shape index (κ1) is 13.4. The molecule has 0 aliphatic heterocycles. The van der Waals surface area contributed by atoms with Crippen LogP contribution in [-0.4, -0.2) is 33.6 Å². The molecule has 92 valence electrons. The van der Waals surface area contributed by atoms with Gasteiger partial charge in [0.25, 0.3) is 0 Å². The third-order valence-electron chi connectivity index (χ3n) is 2.96. The fraction of sp³-hybridized carbons (Fsp3) is 0.692. The molecule has 2 atom stereocenters. The van der Waals surface area contributed by atoms with Gasteiger partial charge < -0.3 is 15.3 Å². The van der Waals surface area contributed by atoms with Gasteiger partial charge >= 0.3 is 0 Å². The summed E-state index contributed by atoms with van der Waals surface area (Å²) in [4.78, 5) is 0. The van der Waals surface area contributed by atoms with Gasteiger partial charge in [-0.2, -0.15) is 0 Å². The van der Waals surface area contributed by atoms with E-state index in [-0.39, 0.29) is 5.92 Å². The van der Waals surface area contributed by atoms with Crippen molar-refractivity contribution in [3.63, 3.8) is 0 Å². The summed E-state index contributed by atoms with van der Waals surface area (Å²) in [6, 6.07) is 0. The van der Waals surface area contributed by atoms with E-state index in [0.717, 1.165) is 12.8 Å². The SMILES string of the molecule is CCCC=CC=CC1CC(O)C(O)C(O)C1. The first-order valence-corrected chi connectivity index (χ1v) is 6.02. The lowest BCUT2D eigenvalue weighted by atomic mass is 9.83. The van der Waals surface area contributed by atoms with Gasteiger partial charge in [-0.15, -0.1) is 0 Å². The van der Waals surface area contributed by atoms with E-state index in [1.165, 1.54) is 0 Å². The first-order valence-electron chi connectivity index (χ1n) is 6.02. The highest BCUT2D eigenvalue weighted by Gasteiger charge is 2.33. The normalized spacial score (nSPS) is 36.2. The molecule has 1 fully saturated rings. The van der Waals surface area contributed by atoms with Crippen LogP contribution < -0.4 is 0 Å². The average Bonchev–Trinajstić information content (AvgIpc) is 2.25. The van der Waals surface area contributed by atoms with Gasteiger partial charge in [-0.05, 0) is 25.2 Å². The van der Waals surface area contributed by atoms with Crippen LogP contribution in [0.25, 0.3) is 0 Å². The van der Waals surface area contributed by atoms with Crippen molar-refractivity contribution in [1.29, 1.82) is 0 Å². The van der Waals surface area contributed by atoms with Crippen LogP contribution in [0, 0.1) is 5.92 Å². The fourth-order valence-corrected chi connectivity index (χ4v) is 1.97. The van der Waals surface area contributed by atoms with Crippen molar-refractivity contribution in [1.82, 2.24) is 0 Å². The topological polar surface area (TPSA) is 60.7 Å². The minimum absolute atomic E-state index is 0.152. The highest BCUT2D eigenvalue weighted by atomic mass is 16.4. The fourth-order valence-electron chi connectivity index (χ4n) is 1.97. The molecule has 0 saturated heterocycles. The van der Waals surface area contributed by atoms with Crippen molar-refractivity contribution < 1.29 is 15.3 Å². The zero-order valence-corrected chi connectivity index (χ0v) is 9.79. The second-order valence-corrected chi connectivity index (χ2v) is 4.46. The molecule has 1 aliphatic rings. The molecule has 0 heterocycles. The second-order valence-electron chi connectivity index (χ2n) is 4.46. The molecular formula is C13H22O3. The Labute approximate surface area is 97.1 Å². The summed E-state index contributed by atoms with van der Waals surface area (Å²) in [7, 11) is 0. The van der Waals surface area contributed by atoms with Gasteiger partial charge in [0.1, 0.15) is 6.10 Å². The summed E-state index contributed by atoms with van der Waals surface area (Å²) in [5.74, 6) is 0.152. The first-order chi connectivity index (χ1) is 7.65. The molecule has 3 heteroatoms. The van der Waals surface area contributed by atoms with Gasteiger partial charge in [0.2, 0.25) is 0 Å². The lowest BCUT2D eigenvalue weighted by Crippen LogP contribution is -2.43. The minimum Gasteiger partial charge on any atom is -0.390 e. The van der Waals surface area contributed by atoms with Gasteiger partial charge in [0, 0.05) is 0 Å². The van der Waals surface area contributed by atoms with Crippen molar-refractivity contribution in [2.45, 2.75) is 50.9 Å². The number of hydrogen-bond acceptors (Lipinski definition) is 3. The van der Waals surface area contributed by atoms with Gasteiger partial charge in [-0.1, -0.05) is 37.6 Å². The third-order valence-corrected chi connectivity index (χ3v) is 2.96. The zero-order chi connectivity index (χ0) is 12.0. The van der Waals surface area contributed by atoms with E-state index in [0.29, 0.717) is 12.8 Å². The molecular weight excluding hydrogens is 204 g/mol. The smallest absolute Gasteiger partial charge is 0.106 e. The van der Waals surface area contributed by atoms with Crippen LogP contribution in [-0.2, 0) is 0 Å². The van der Waals surface area contributed by atoms with Crippen LogP contribution in [0.5, 0.6) is 0 Å². The number of rotatable bonds is 4. The molecule has 0 spiro atoms. The lowest BCUT2D eigenvalue weighted by Gasteiger charge is -2.32. The molecule has 3 nitrogen and oxygen atoms in total. The predicted molar refractivity (Wildman–Crippen MR) is 63.9 cm³/mol. The summed E-state index contributed by atoms with van der Waals surface area (Å²) in [5.41, 5.74) is 0. The predicted octanol–water partition coefficient (Wildman–Crippen LogP) is 1.39. The molecule has 1 saturated carbocycles. The average molecular weight is 226 g/mol. The maximum atomic E-state index is 9.50. The molecule has 0 bridgehead atoms. The summed E-state index contributed by atoms with van der Waals surface area (Å²) in [6.45, 7) is 2.13. The molecule has 0 aromatic rings. The van der Waals surface area contributed by atoms with E-state index >= 15 is 0 Å². The van der Waals surface area contributed by atoms with E-state index in [1.54, 1.807) is 0 Å². The highest BCUT2D eigenvalue weighted by molar-refractivity contribution is 5.06. The summed E-state index contributed by atoms with van der Waals surface area (Å²) in [5, 5.41) is 28.4. The number of aliphatic hydroxyl groups is 3. The molecule has 16 heavy (non-hydrogen) atoms. The van der Waals surface area contributed by atoms with Crippen LogP contribution in [0.15, 0.2) is 24.3 Å². The number of hydrogen-bond donors (Lipinski definition) is 3. The number of allylic oxidation sites excluding steroid dienone is 4. The molecule has 3 N–H and O–H groups in total. The molecule has 1 rings (SSSR count). The molecule has 0 aromatic carbocycles. The van der Waals surface area contributed by atoms with Gasteiger partial charge in [-0.25, -0.2) is 0 Å². The molecule has 0 aromatic heterocycles. The monoisotopic (exact) mass is 226 g/mol. The quantitative estimate of drug-likeness (QED) is 0.635. The van der Waals surface area contributed by atoms with Crippen LogP contribution in [0.2, 0.25) is 0 Å². The summed E-state index contributed by atoms with van der Waals surface area (Å²) >= 11 is 0. The third kappa shape index (κ3) is 4.08. The van der Waals surface area contributed by atoms with E-state index in [4.69, 9.17) is 0 Å². The van der Waals surface area contributed by atoms with Gasteiger partial charge in [-0.3, -0.25) is 0 Å². The Morgan fingerprint density at radius 3 is 2.25 bits per heavy atom. The van der Waals surface area contributed by atoms with E-state index in [9.17, 15) is 15.3 Å². The van der Waals surface area contributed by atoms with Crippen LogP contribution in [0.4, 0.5) is 0 Å². The Morgan fingerprint density at radius 1 is 1.06 bits per heavy atom. The van der Waals surface area contributed by atoms with Crippen molar-refractivity contribution in [3.8, 4) is 0 Å². The Balaban J connectivity index is 2.38. The largest absolute Gasteiger partial charge is 0.390 e. The Kier molecular flexibility index (Phi) is 5.74. The Hall–Kier alpha value is -0.640. The minimum atomic E-state index is -0.986. The van der Waals surface area contributed by atoms with Crippen molar-refractivity contribution in [3.05, 3.63) is 24.3 Å². The van der Waals surface area contributed by atoms with E-state index in [2.05, 4.69) is 13.0 Å². The maximum absolute atomic E-state index is 9.50. The van der Waals surface area contributed by atoms with E-state index in [1.807, 2.05) is 18.2 Å². The summed E-state index contributed by atoms with van der Waals surface area (Å²) < 4.78 is 0. The van der Waals surface area contributed by atoms with Crippen molar-refractivity contribution in [2.24, 2.45) is 5.92 Å². The van der Waals surface area contributed by atoms with Crippen molar-refractivity contribution >= 4 is 0 Å². The Morgan fingerprint density at radius 2 is 1.69 bits per heavy atom. The summed E-state index contributed by atoms with van der Waals surface area (Å²) in [6.07, 6.45) is 8.69.